The van der Waals surface area contributed by atoms with Gasteiger partial charge in [-0.15, -0.1) is 11.3 Å². The van der Waals surface area contributed by atoms with Crippen LogP contribution in [0.3, 0.4) is 0 Å². The van der Waals surface area contributed by atoms with Gasteiger partial charge < -0.3 is 4.98 Å². The molecule has 0 aliphatic heterocycles. The highest BCUT2D eigenvalue weighted by molar-refractivity contribution is 7.17. The molecule has 1 aromatic carbocycles. The van der Waals surface area contributed by atoms with Gasteiger partial charge >= 0.3 is 0 Å². The summed E-state index contributed by atoms with van der Waals surface area (Å²) in [5.74, 6) is 0.548. The Morgan fingerprint density at radius 2 is 1.82 bits per heavy atom. The first-order valence-electron chi connectivity index (χ1n) is 6.80. The number of aromatic nitrogens is 3. The summed E-state index contributed by atoms with van der Waals surface area (Å²) in [5, 5.41) is 2.62. The van der Waals surface area contributed by atoms with E-state index in [-0.39, 0.29) is 5.56 Å². The first-order valence-corrected chi connectivity index (χ1v) is 7.68. The van der Waals surface area contributed by atoms with E-state index in [9.17, 15) is 4.79 Å². The Bertz CT molecular complexity index is 991. The number of hydrogen-bond donors (Lipinski definition) is 1. The molecule has 0 unspecified atom stereocenters. The zero-order valence-corrected chi connectivity index (χ0v) is 12.3. The van der Waals surface area contributed by atoms with E-state index in [1.807, 2.05) is 47.8 Å². The first kappa shape index (κ1) is 12.9. The predicted octanol–water partition coefficient (Wildman–Crippen LogP) is 3.71. The molecule has 0 spiro atoms. The van der Waals surface area contributed by atoms with E-state index >= 15 is 0 Å². The van der Waals surface area contributed by atoms with Crippen molar-refractivity contribution in [1.82, 2.24) is 15.0 Å². The smallest absolute Gasteiger partial charge is 0.260 e. The first-order chi connectivity index (χ1) is 10.8. The lowest BCUT2D eigenvalue weighted by Gasteiger charge is -2.02. The molecule has 4 nitrogen and oxygen atoms in total. The van der Waals surface area contributed by atoms with E-state index in [1.165, 1.54) is 11.3 Å². The molecule has 0 fully saturated rings. The fourth-order valence-electron chi connectivity index (χ4n) is 2.42. The van der Waals surface area contributed by atoms with Gasteiger partial charge in [0.25, 0.3) is 5.56 Å². The highest BCUT2D eigenvalue weighted by Crippen LogP contribution is 2.31. The van der Waals surface area contributed by atoms with Crippen LogP contribution in [0.25, 0.3) is 32.7 Å². The maximum Gasteiger partial charge on any atom is 0.260 e. The van der Waals surface area contributed by atoms with Crippen LogP contribution in [0.5, 0.6) is 0 Å². The van der Waals surface area contributed by atoms with Gasteiger partial charge in [-0.1, -0.05) is 30.3 Å². The molecule has 3 heterocycles. The second kappa shape index (κ2) is 5.20. The molecule has 0 amide bonds. The molecule has 1 N–H and O–H groups in total. The van der Waals surface area contributed by atoms with E-state index in [1.54, 1.807) is 12.4 Å². The summed E-state index contributed by atoms with van der Waals surface area (Å²) in [6.07, 6.45) is 3.38. The fourth-order valence-corrected chi connectivity index (χ4v) is 3.37. The third-order valence-corrected chi connectivity index (χ3v) is 4.34. The third kappa shape index (κ3) is 2.12. The van der Waals surface area contributed by atoms with Crippen molar-refractivity contribution >= 4 is 21.6 Å². The van der Waals surface area contributed by atoms with Gasteiger partial charge in [0.2, 0.25) is 0 Å². The van der Waals surface area contributed by atoms with Crippen molar-refractivity contribution in [1.29, 1.82) is 0 Å². The number of benzene rings is 1. The van der Waals surface area contributed by atoms with Gasteiger partial charge in [0.1, 0.15) is 10.7 Å². The number of hydrogen-bond acceptors (Lipinski definition) is 4. The van der Waals surface area contributed by atoms with Gasteiger partial charge in [-0.2, -0.15) is 0 Å². The fraction of sp³-hybridized carbons (Fsp3) is 0. The Balaban J connectivity index is 1.94. The van der Waals surface area contributed by atoms with E-state index in [4.69, 9.17) is 0 Å². The SMILES string of the molecule is O=c1[nH]c(-c2cccnc2)nc2scc(-c3ccccc3)c12. The molecular formula is C17H11N3OS. The van der Waals surface area contributed by atoms with Gasteiger partial charge in [-0.05, 0) is 17.7 Å². The van der Waals surface area contributed by atoms with Crippen LogP contribution in [0.1, 0.15) is 0 Å². The minimum atomic E-state index is -0.121. The number of aromatic amines is 1. The van der Waals surface area contributed by atoms with E-state index in [0.717, 1.165) is 21.5 Å². The standard InChI is InChI=1S/C17H11N3OS/c21-16-14-13(11-5-2-1-3-6-11)10-22-17(14)20-15(19-16)12-7-4-8-18-9-12/h1-10H,(H,19,20,21). The van der Waals surface area contributed by atoms with Gasteiger partial charge in [-0.25, -0.2) is 4.98 Å². The summed E-state index contributed by atoms with van der Waals surface area (Å²) >= 11 is 1.48. The molecule has 4 aromatic rings. The van der Waals surface area contributed by atoms with Crippen LogP contribution in [0.15, 0.2) is 65.0 Å². The maximum absolute atomic E-state index is 12.5. The van der Waals surface area contributed by atoms with E-state index in [0.29, 0.717) is 11.2 Å². The predicted molar refractivity (Wildman–Crippen MR) is 88.9 cm³/mol. The van der Waals surface area contributed by atoms with Crippen molar-refractivity contribution in [2.45, 2.75) is 0 Å². The second-order valence-electron chi connectivity index (χ2n) is 4.85. The van der Waals surface area contributed by atoms with Crippen molar-refractivity contribution in [2.75, 3.05) is 0 Å². The molecular weight excluding hydrogens is 294 g/mol. The third-order valence-electron chi connectivity index (χ3n) is 3.46. The molecule has 3 aromatic heterocycles. The quantitative estimate of drug-likeness (QED) is 0.614. The average molecular weight is 305 g/mol. The van der Waals surface area contributed by atoms with Crippen molar-refractivity contribution in [3.8, 4) is 22.5 Å². The Labute approximate surface area is 130 Å². The number of nitrogens with one attached hydrogen (secondary N) is 1. The number of rotatable bonds is 2. The highest BCUT2D eigenvalue weighted by atomic mass is 32.1. The normalized spacial score (nSPS) is 10.9. The zero-order valence-electron chi connectivity index (χ0n) is 11.5. The lowest BCUT2D eigenvalue weighted by molar-refractivity contribution is 1.17. The molecule has 0 bridgehead atoms. The van der Waals surface area contributed by atoms with Crippen LogP contribution in [0.4, 0.5) is 0 Å². The lowest BCUT2D eigenvalue weighted by atomic mass is 10.1. The molecule has 0 saturated carbocycles. The van der Waals surface area contributed by atoms with Gasteiger partial charge in [0.05, 0.1) is 5.39 Å². The molecule has 106 valence electrons. The largest absolute Gasteiger partial charge is 0.306 e. The topological polar surface area (TPSA) is 58.6 Å². The van der Waals surface area contributed by atoms with Crippen LogP contribution in [0.2, 0.25) is 0 Å². The lowest BCUT2D eigenvalue weighted by Crippen LogP contribution is -2.09. The zero-order chi connectivity index (χ0) is 14.9. The van der Waals surface area contributed by atoms with Gasteiger partial charge in [0.15, 0.2) is 0 Å². The van der Waals surface area contributed by atoms with Crippen LogP contribution in [-0.2, 0) is 0 Å². The molecule has 0 saturated heterocycles. The Hall–Kier alpha value is -2.79. The maximum atomic E-state index is 12.5. The Morgan fingerprint density at radius 1 is 1.00 bits per heavy atom. The molecule has 0 aliphatic carbocycles. The number of nitrogens with zero attached hydrogens (tertiary/aromatic N) is 2. The number of pyridine rings is 1. The Kier molecular flexibility index (Phi) is 3.05. The molecule has 4 rings (SSSR count). The van der Waals surface area contributed by atoms with Crippen LogP contribution < -0.4 is 5.56 Å². The van der Waals surface area contributed by atoms with E-state index in [2.05, 4.69) is 15.0 Å². The summed E-state index contributed by atoms with van der Waals surface area (Å²) in [4.78, 5) is 24.8. The summed E-state index contributed by atoms with van der Waals surface area (Å²) in [6.45, 7) is 0. The van der Waals surface area contributed by atoms with Crippen LogP contribution in [-0.4, -0.2) is 15.0 Å². The number of fused-ring (bicyclic) bond motifs is 1. The molecule has 0 radical (unpaired) electrons. The average Bonchev–Trinajstić information content (AvgIpc) is 3.01. The van der Waals surface area contributed by atoms with Crippen LogP contribution in [0, 0.1) is 0 Å². The van der Waals surface area contributed by atoms with Gasteiger partial charge in [0, 0.05) is 28.9 Å². The van der Waals surface area contributed by atoms with Crippen molar-refractivity contribution in [3.63, 3.8) is 0 Å². The van der Waals surface area contributed by atoms with Gasteiger partial charge in [-0.3, -0.25) is 9.78 Å². The van der Waals surface area contributed by atoms with Crippen molar-refractivity contribution in [2.24, 2.45) is 0 Å². The van der Waals surface area contributed by atoms with Crippen molar-refractivity contribution in [3.05, 3.63) is 70.6 Å². The minimum Gasteiger partial charge on any atom is -0.306 e. The monoisotopic (exact) mass is 305 g/mol. The number of H-pyrrole nitrogens is 1. The summed E-state index contributed by atoms with van der Waals surface area (Å²) in [7, 11) is 0. The molecule has 5 heteroatoms. The Morgan fingerprint density at radius 3 is 2.59 bits per heavy atom. The summed E-state index contributed by atoms with van der Waals surface area (Å²) in [6, 6.07) is 13.6. The molecule has 0 atom stereocenters. The minimum absolute atomic E-state index is 0.121. The van der Waals surface area contributed by atoms with Crippen molar-refractivity contribution < 1.29 is 0 Å². The summed E-state index contributed by atoms with van der Waals surface area (Å²) in [5.41, 5.74) is 2.63. The highest BCUT2D eigenvalue weighted by Gasteiger charge is 2.13. The van der Waals surface area contributed by atoms with E-state index < -0.39 is 0 Å². The van der Waals surface area contributed by atoms with Crippen LogP contribution >= 0.6 is 11.3 Å². The molecule has 0 aliphatic rings. The second-order valence-corrected chi connectivity index (χ2v) is 5.71. The number of thiophene rings is 1. The summed E-state index contributed by atoms with van der Waals surface area (Å²) < 4.78 is 0. The molecule has 22 heavy (non-hydrogen) atoms.